The van der Waals surface area contributed by atoms with Gasteiger partial charge in [0.15, 0.2) is 0 Å². The Kier molecular flexibility index (Phi) is 6.41. The van der Waals surface area contributed by atoms with Crippen LogP contribution in [0.3, 0.4) is 0 Å². The van der Waals surface area contributed by atoms with Gasteiger partial charge in [-0.05, 0) is 36.0 Å². The van der Waals surface area contributed by atoms with Crippen LogP contribution in [0.1, 0.15) is 37.8 Å². The Labute approximate surface area is 128 Å². The number of carbonyl (C=O) groups is 1. The third kappa shape index (κ3) is 6.47. The number of hydrogen-bond donors (Lipinski definition) is 2. The van der Waals surface area contributed by atoms with E-state index in [0.717, 1.165) is 25.0 Å². The SMILES string of the molecule is CC(C)(CO)CCCNC(=O)Cc1ccc(C(F)(F)F)cc1. The maximum atomic E-state index is 12.4. The maximum Gasteiger partial charge on any atom is 0.416 e. The summed E-state index contributed by atoms with van der Waals surface area (Å²) in [5, 5.41) is 11.8. The molecule has 22 heavy (non-hydrogen) atoms. The summed E-state index contributed by atoms with van der Waals surface area (Å²) in [4.78, 5) is 11.7. The molecule has 124 valence electrons. The summed E-state index contributed by atoms with van der Waals surface area (Å²) in [6, 6.07) is 4.59. The van der Waals surface area contributed by atoms with E-state index in [-0.39, 0.29) is 24.3 Å². The van der Waals surface area contributed by atoms with E-state index >= 15 is 0 Å². The number of rotatable bonds is 7. The van der Waals surface area contributed by atoms with Crippen LogP contribution in [0, 0.1) is 5.41 Å². The lowest BCUT2D eigenvalue weighted by molar-refractivity contribution is -0.137. The van der Waals surface area contributed by atoms with Crippen molar-refractivity contribution in [3.05, 3.63) is 35.4 Å². The molecular weight excluding hydrogens is 295 g/mol. The molecular formula is C16H22F3NO2. The number of hydrogen-bond acceptors (Lipinski definition) is 2. The van der Waals surface area contributed by atoms with Gasteiger partial charge in [0.25, 0.3) is 0 Å². The minimum atomic E-state index is -4.36. The Morgan fingerprint density at radius 3 is 2.27 bits per heavy atom. The minimum absolute atomic E-state index is 0.0571. The second-order valence-corrected chi connectivity index (χ2v) is 6.15. The van der Waals surface area contributed by atoms with Crippen molar-refractivity contribution in [2.45, 2.75) is 39.3 Å². The lowest BCUT2D eigenvalue weighted by Crippen LogP contribution is -2.27. The van der Waals surface area contributed by atoms with Gasteiger partial charge < -0.3 is 10.4 Å². The van der Waals surface area contributed by atoms with E-state index in [1.165, 1.54) is 12.1 Å². The number of nitrogens with one attached hydrogen (secondary N) is 1. The molecule has 0 bridgehead atoms. The maximum absolute atomic E-state index is 12.4. The van der Waals surface area contributed by atoms with Gasteiger partial charge in [0.1, 0.15) is 0 Å². The van der Waals surface area contributed by atoms with Crippen LogP contribution in [0.2, 0.25) is 0 Å². The molecule has 1 aromatic carbocycles. The molecule has 0 spiro atoms. The third-order valence-corrected chi connectivity index (χ3v) is 3.43. The summed E-state index contributed by atoms with van der Waals surface area (Å²) in [6.07, 6.45) is -2.78. The Morgan fingerprint density at radius 2 is 1.77 bits per heavy atom. The molecule has 6 heteroatoms. The second kappa shape index (κ2) is 7.63. The van der Waals surface area contributed by atoms with Gasteiger partial charge in [-0.3, -0.25) is 4.79 Å². The molecule has 0 heterocycles. The van der Waals surface area contributed by atoms with Crippen LogP contribution in [0.4, 0.5) is 13.2 Å². The molecule has 0 saturated heterocycles. The normalized spacial score (nSPS) is 12.3. The van der Waals surface area contributed by atoms with Gasteiger partial charge in [-0.15, -0.1) is 0 Å². The fourth-order valence-corrected chi connectivity index (χ4v) is 1.93. The first kappa shape index (κ1) is 18.5. The molecule has 1 aromatic rings. The van der Waals surface area contributed by atoms with Gasteiger partial charge in [0.05, 0.1) is 12.0 Å². The van der Waals surface area contributed by atoms with Crippen molar-refractivity contribution in [1.29, 1.82) is 0 Å². The molecule has 0 radical (unpaired) electrons. The van der Waals surface area contributed by atoms with Crippen LogP contribution in [-0.2, 0) is 17.4 Å². The van der Waals surface area contributed by atoms with Crippen molar-refractivity contribution < 1.29 is 23.1 Å². The molecule has 2 N–H and O–H groups in total. The topological polar surface area (TPSA) is 49.3 Å². The monoisotopic (exact) mass is 317 g/mol. The van der Waals surface area contributed by atoms with E-state index in [0.29, 0.717) is 12.1 Å². The molecule has 0 unspecified atom stereocenters. The van der Waals surface area contributed by atoms with Crippen molar-refractivity contribution >= 4 is 5.91 Å². The van der Waals surface area contributed by atoms with Crippen LogP contribution in [0.5, 0.6) is 0 Å². The zero-order chi connectivity index (χ0) is 16.8. The van der Waals surface area contributed by atoms with Crippen molar-refractivity contribution in [1.82, 2.24) is 5.32 Å². The Hall–Kier alpha value is -1.56. The predicted octanol–water partition coefficient (Wildman–Crippen LogP) is 3.16. The lowest BCUT2D eigenvalue weighted by atomic mass is 9.89. The standard InChI is InChI=1S/C16H22F3NO2/c1-15(2,11-21)8-3-9-20-14(22)10-12-4-6-13(7-5-12)16(17,18)19/h4-7,21H,3,8-11H2,1-2H3,(H,20,22). The summed E-state index contributed by atoms with van der Waals surface area (Å²) in [6.45, 7) is 4.46. The van der Waals surface area contributed by atoms with Crippen molar-refractivity contribution in [3.8, 4) is 0 Å². The first-order chi connectivity index (χ1) is 10.1. The molecule has 0 aromatic heterocycles. The smallest absolute Gasteiger partial charge is 0.396 e. The molecule has 3 nitrogen and oxygen atoms in total. The Bertz CT molecular complexity index is 481. The molecule has 0 aliphatic rings. The van der Waals surface area contributed by atoms with Gasteiger partial charge in [0, 0.05) is 13.2 Å². The number of aliphatic hydroxyl groups is 1. The zero-order valence-electron chi connectivity index (χ0n) is 12.8. The van der Waals surface area contributed by atoms with Crippen LogP contribution in [-0.4, -0.2) is 24.2 Å². The highest BCUT2D eigenvalue weighted by molar-refractivity contribution is 5.78. The highest BCUT2D eigenvalue weighted by Gasteiger charge is 2.29. The number of amides is 1. The van der Waals surface area contributed by atoms with Gasteiger partial charge in [-0.1, -0.05) is 26.0 Å². The molecule has 0 aliphatic carbocycles. The van der Waals surface area contributed by atoms with Gasteiger partial charge >= 0.3 is 6.18 Å². The van der Waals surface area contributed by atoms with E-state index in [1.54, 1.807) is 0 Å². The average Bonchev–Trinajstić information content (AvgIpc) is 2.43. The summed E-state index contributed by atoms with van der Waals surface area (Å²) in [5.41, 5.74) is -0.345. The van der Waals surface area contributed by atoms with Gasteiger partial charge in [0.2, 0.25) is 5.91 Å². The van der Waals surface area contributed by atoms with Crippen molar-refractivity contribution in [2.24, 2.45) is 5.41 Å². The molecule has 0 fully saturated rings. The number of alkyl halides is 3. The molecule has 0 saturated carbocycles. The highest BCUT2D eigenvalue weighted by atomic mass is 19.4. The van der Waals surface area contributed by atoms with Crippen LogP contribution >= 0.6 is 0 Å². The van der Waals surface area contributed by atoms with E-state index < -0.39 is 11.7 Å². The summed E-state index contributed by atoms with van der Waals surface area (Å²) in [7, 11) is 0. The van der Waals surface area contributed by atoms with Gasteiger partial charge in [-0.25, -0.2) is 0 Å². The van der Waals surface area contributed by atoms with E-state index in [4.69, 9.17) is 5.11 Å². The molecule has 1 rings (SSSR count). The summed E-state index contributed by atoms with van der Waals surface area (Å²) in [5.74, 6) is -0.221. The molecule has 1 amide bonds. The van der Waals surface area contributed by atoms with Crippen molar-refractivity contribution in [3.63, 3.8) is 0 Å². The zero-order valence-corrected chi connectivity index (χ0v) is 12.8. The predicted molar refractivity (Wildman–Crippen MR) is 78.3 cm³/mol. The third-order valence-electron chi connectivity index (χ3n) is 3.43. The van der Waals surface area contributed by atoms with E-state index in [2.05, 4.69) is 5.32 Å². The first-order valence-corrected chi connectivity index (χ1v) is 7.18. The van der Waals surface area contributed by atoms with E-state index in [1.807, 2.05) is 13.8 Å². The van der Waals surface area contributed by atoms with Crippen LogP contribution < -0.4 is 5.32 Å². The number of benzene rings is 1. The number of halogens is 3. The summed E-state index contributed by atoms with van der Waals surface area (Å²) >= 11 is 0. The second-order valence-electron chi connectivity index (χ2n) is 6.15. The van der Waals surface area contributed by atoms with Crippen LogP contribution in [0.15, 0.2) is 24.3 Å². The Morgan fingerprint density at radius 1 is 1.18 bits per heavy atom. The lowest BCUT2D eigenvalue weighted by Gasteiger charge is -2.21. The van der Waals surface area contributed by atoms with E-state index in [9.17, 15) is 18.0 Å². The van der Waals surface area contributed by atoms with Gasteiger partial charge in [-0.2, -0.15) is 13.2 Å². The number of aliphatic hydroxyl groups excluding tert-OH is 1. The summed E-state index contributed by atoms with van der Waals surface area (Å²) < 4.78 is 37.2. The van der Waals surface area contributed by atoms with Crippen molar-refractivity contribution in [2.75, 3.05) is 13.2 Å². The average molecular weight is 317 g/mol. The van der Waals surface area contributed by atoms with Crippen LogP contribution in [0.25, 0.3) is 0 Å². The molecule has 0 aliphatic heterocycles. The largest absolute Gasteiger partial charge is 0.416 e. The number of carbonyl (C=O) groups excluding carboxylic acids is 1. The fraction of sp³-hybridized carbons (Fsp3) is 0.562. The molecule has 0 atom stereocenters. The Balaban J connectivity index is 2.36. The fourth-order valence-electron chi connectivity index (χ4n) is 1.93. The first-order valence-electron chi connectivity index (χ1n) is 7.18. The quantitative estimate of drug-likeness (QED) is 0.759. The highest BCUT2D eigenvalue weighted by Crippen LogP contribution is 2.29. The minimum Gasteiger partial charge on any atom is -0.396 e.